The van der Waals surface area contributed by atoms with Crippen molar-refractivity contribution in [3.8, 4) is 0 Å². The molecule has 0 aliphatic heterocycles. The standard InChI is InChI=1S/C48H82NO11P/c1-6-8-10-11-12-13-14-15-16-17-18-19-20-21-22-27-31-37-47(53)57-41-44(42-59-61(55,56)58-40-39-49(3,4)5)60-48(54)38-32-36-46(52)45(51)35-30-26-24-23-25-29-34-43(50)33-28-9-7-2/h9,12-13,15-16,23-26,28-30,34-35,43-46,50-52H,6-8,10-11,14,17-22,27,31-33,36-42H2,1-5H3/p+1/b13-12-,16-15-,25-23+,26-24-,28-9-,34-29+,35-30-/t43-,44+,45+,46+/m0/s1. The molecular formula is C48H83NO11P+. The molecule has 0 bridgehead atoms. The van der Waals surface area contributed by atoms with Crippen LogP contribution in [-0.2, 0) is 32.7 Å². The Balaban J connectivity index is 4.70. The predicted molar refractivity (Wildman–Crippen MR) is 247 cm³/mol. The quantitative estimate of drug-likeness (QED) is 0.0116. The lowest BCUT2D eigenvalue weighted by Crippen LogP contribution is -2.37. The lowest BCUT2D eigenvalue weighted by Gasteiger charge is -2.24. The summed E-state index contributed by atoms with van der Waals surface area (Å²) in [6.45, 7) is 3.77. The van der Waals surface area contributed by atoms with Crippen LogP contribution < -0.4 is 0 Å². The van der Waals surface area contributed by atoms with Gasteiger partial charge in [-0.3, -0.25) is 18.6 Å². The number of allylic oxidation sites excluding steroid dienone is 11. The minimum atomic E-state index is -4.48. The SMILES string of the molecule is CC/C=C\C[C@H](O)/C=C/C=C/C=C\C=C/[C@@H](O)[C@H](O)CCCC(=O)O[C@H](COC(=O)CCCCCCCCC/C=C\C/C=C\CCCCC)COP(=O)(O)OCC[N+](C)(C)C. The highest BCUT2D eigenvalue weighted by Crippen LogP contribution is 2.43. The van der Waals surface area contributed by atoms with Gasteiger partial charge < -0.3 is 34.2 Å². The van der Waals surface area contributed by atoms with E-state index in [1.165, 1.54) is 44.6 Å². The molecule has 0 saturated heterocycles. The van der Waals surface area contributed by atoms with Crippen molar-refractivity contribution in [3.05, 3.63) is 85.1 Å². The number of nitrogens with zero attached hydrogens (tertiary/aromatic N) is 1. The number of hydrogen-bond acceptors (Lipinski definition) is 10. The highest BCUT2D eigenvalue weighted by molar-refractivity contribution is 7.47. The second-order valence-corrected chi connectivity index (χ2v) is 17.7. The summed E-state index contributed by atoms with van der Waals surface area (Å²) in [7, 11) is 1.24. The summed E-state index contributed by atoms with van der Waals surface area (Å²) in [6.07, 6.45) is 38.6. The van der Waals surface area contributed by atoms with Crippen molar-refractivity contribution >= 4 is 19.8 Å². The largest absolute Gasteiger partial charge is 0.472 e. The number of esters is 2. The van der Waals surface area contributed by atoms with E-state index in [-0.39, 0.29) is 38.9 Å². The van der Waals surface area contributed by atoms with E-state index in [2.05, 4.69) is 31.2 Å². The Bertz CT molecular complexity index is 1370. The zero-order valence-electron chi connectivity index (χ0n) is 38.2. The first-order chi connectivity index (χ1) is 29.2. The van der Waals surface area contributed by atoms with Gasteiger partial charge in [0.1, 0.15) is 19.8 Å². The summed E-state index contributed by atoms with van der Waals surface area (Å²) in [5.74, 6) is -1.15. The number of carbonyl (C=O) groups is 2. The minimum absolute atomic E-state index is 0.0386. The van der Waals surface area contributed by atoms with Crippen LogP contribution in [0.1, 0.15) is 136 Å². The number of aliphatic hydroxyl groups is 3. The number of rotatable bonds is 39. The van der Waals surface area contributed by atoms with Gasteiger partial charge in [0, 0.05) is 12.8 Å². The Morgan fingerprint density at radius 1 is 0.656 bits per heavy atom. The van der Waals surface area contributed by atoms with Gasteiger partial charge in [-0.25, -0.2) is 4.57 Å². The first-order valence-electron chi connectivity index (χ1n) is 22.6. The number of quaternary nitrogens is 1. The first kappa shape index (κ1) is 58.1. The topological polar surface area (TPSA) is 169 Å². The minimum Gasteiger partial charge on any atom is -0.462 e. The van der Waals surface area contributed by atoms with Crippen LogP contribution in [-0.4, -0.2) is 109 Å². The second-order valence-electron chi connectivity index (χ2n) is 16.3. The van der Waals surface area contributed by atoms with E-state index in [0.29, 0.717) is 23.9 Å². The average molecular weight is 881 g/mol. The average Bonchev–Trinajstić information content (AvgIpc) is 3.20. The molecule has 0 spiro atoms. The van der Waals surface area contributed by atoms with Crippen molar-refractivity contribution in [2.24, 2.45) is 0 Å². The third-order valence-corrected chi connectivity index (χ3v) is 10.2. The molecule has 0 aromatic rings. The van der Waals surface area contributed by atoms with Crippen LogP contribution in [0.4, 0.5) is 0 Å². The van der Waals surface area contributed by atoms with Crippen LogP contribution >= 0.6 is 7.82 Å². The molecule has 350 valence electrons. The molecule has 0 aliphatic carbocycles. The van der Waals surface area contributed by atoms with E-state index >= 15 is 0 Å². The predicted octanol–water partition coefficient (Wildman–Crippen LogP) is 9.71. The number of unbranched alkanes of at least 4 members (excludes halogenated alkanes) is 10. The fourth-order valence-electron chi connectivity index (χ4n) is 5.56. The molecule has 12 nitrogen and oxygen atoms in total. The normalized spacial score (nSPS) is 15.9. The lowest BCUT2D eigenvalue weighted by atomic mass is 10.1. The van der Waals surface area contributed by atoms with Crippen molar-refractivity contribution in [1.29, 1.82) is 0 Å². The Morgan fingerprint density at radius 2 is 1.25 bits per heavy atom. The van der Waals surface area contributed by atoms with E-state index in [1.54, 1.807) is 42.5 Å². The van der Waals surface area contributed by atoms with Crippen LogP contribution in [0.2, 0.25) is 0 Å². The van der Waals surface area contributed by atoms with E-state index in [9.17, 15) is 34.4 Å². The van der Waals surface area contributed by atoms with Crippen LogP contribution in [0, 0.1) is 0 Å². The number of carbonyl (C=O) groups excluding carboxylic acids is 2. The zero-order valence-corrected chi connectivity index (χ0v) is 39.1. The van der Waals surface area contributed by atoms with Crippen LogP contribution in [0.15, 0.2) is 85.1 Å². The van der Waals surface area contributed by atoms with Gasteiger partial charge in [-0.1, -0.05) is 144 Å². The molecular weight excluding hydrogens is 797 g/mol. The highest BCUT2D eigenvalue weighted by Gasteiger charge is 2.27. The highest BCUT2D eigenvalue weighted by atomic mass is 31.2. The van der Waals surface area contributed by atoms with Crippen molar-refractivity contribution in [1.82, 2.24) is 0 Å². The Hall–Kier alpha value is -2.93. The third-order valence-electron chi connectivity index (χ3n) is 9.25. The third kappa shape index (κ3) is 40.9. The molecule has 61 heavy (non-hydrogen) atoms. The Labute approximate surface area is 369 Å². The molecule has 0 aliphatic rings. The lowest BCUT2D eigenvalue weighted by molar-refractivity contribution is -0.870. The number of aliphatic hydroxyl groups excluding tert-OH is 3. The van der Waals surface area contributed by atoms with Gasteiger partial charge >= 0.3 is 19.8 Å². The molecule has 0 radical (unpaired) electrons. The van der Waals surface area contributed by atoms with Crippen LogP contribution in [0.5, 0.6) is 0 Å². The van der Waals surface area contributed by atoms with Gasteiger partial charge in [0.25, 0.3) is 0 Å². The Morgan fingerprint density at radius 3 is 1.89 bits per heavy atom. The molecule has 0 amide bonds. The van der Waals surface area contributed by atoms with Crippen LogP contribution in [0.25, 0.3) is 0 Å². The molecule has 0 rings (SSSR count). The fraction of sp³-hybridized carbons (Fsp3) is 0.667. The summed E-state index contributed by atoms with van der Waals surface area (Å²) in [6, 6.07) is 0. The summed E-state index contributed by atoms with van der Waals surface area (Å²) in [4.78, 5) is 35.5. The van der Waals surface area contributed by atoms with Crippen molar-refractivity contribution in [3.63, 3.8) is 0 Å². The van der Waals surface area contributed by atoms with Gasteiger partial charge in [-0.05, 0) is 64.2 Å². The summed E-state index contributed by atoms with van der Waals surface area (Å²) >= 11 is 0. The molecule has 0 aromatic heterocycles. The summed E-state index contributed by atoms with van der Waals surface area (Å²) < 4.78 is 34.0. The summed E-state index contributed by atoms with van der Waals surface area (Å²) in [5.41, 5.74) is 0. The van der Waals surface area contributed by atoms with Gasteiger partial charge in [0.05, 0.1) is 46.1 Å². The fourth-order valence-corrected chi connectivity index (χ4v) is 6.30. The molecule has 5 atom stereocenters. The molecule has 0 heterocycles. The molecule has 0 fully saturated rings. The molecule has 1 unspecified atom stereocenters. The van der Waals surface area contributed by atoms with E-state index in [0.717, 1.165) is 44.9 Å². The monoisotopic (exact) mass is 881 g/mol. The van der Waals surface area contributed by atoms with Gasteiger partial charge in [-0.2, -0.15) is 0 Å². The zero-order chi connectivity index (χ0) is 45.5. The molecule has 0 saturated carbocycles. The van der Waals surface area contributed by atoms with E-state index in [1.807, 2.05) is 40.2 Å². The molecule has 13 heteroatoms. The maximum absolute atomic E-state index is 12.7. The maximum atomic E-state index is 12.7. The van der Waals surface area contributed by atoms with E-state index < -0.39 is 50.8 Å². The van der Waals surface area contributed by atoms with Gasteiger partial charge in [0.2, 0.25) is 0 Å². The second kappa shape index (κ2) is 38.7. The van der Waals surface area contributed by atoms with Crippen molar-refractivity contribution < 1.29 is 57.4 Å². The smallest absolute Gasteiger partial charge is 0.462 e. The molecule has 0 aromatic carbocycles. The summed E-state index contributed by atoms with van der Waals surface area (Å²) in [5, 5.41) is 30.5. The van der Waals surface area contributed by atoms with E-state index in [4.69, 9.17) is 18.5 Å². The number of ether oxygens (including phenoxy) is 2. The molecule has 4 N–H and O–H groups in total. The Kier molecular flexibility index (Phi) is 36.9. The maximum Gasteiger partial charge on any atom is 0.472 e. The van der Waals surface area contributed by atoms with Crippen molar-refractivity contribution in [2.75, 3.05) is 47.5 Å². The van der Waals surface area contributed by atoms with Gasteiger partial charge in [0.15, 0.2) is 6.10 Å². The van der Waals surface area contributed by atoms with Crippen LogP contribution in [0.3, 0.4) is 0 Å². The number of phosphoric ester groups is 1. The number of likely N-dealkylation sites (N-methyl/N-ethyl adjacent to an activating group) is 1. The number of phosphoric acid groups is 1. The van der Waals surface area contributed by atoms with Crippen molar-refractivity contribution in [2.45, 2.75) is 160 Å². The first-order valence-corrected chi connectivity index (χ1v) is 24.1. The van der Waals surface area contributed by atoms with Gasteiger partial charge in [-0.15, -0.1) is 0 Å². The number of hydrogen-bond donors (Lipinski definition) is 4.